The second-order valence-electron chi connectivity index (χ2n) is 5.09. The number of hydrogen-bond acceptors (Lipinski definition) is 3. The van der Waals surface area contributed by atoms with E-state index in [1.807, 2.05) is 39.1 Å². The zero-order valence-electron chi connectivity index (χ0n) is 12.7. The molecule has 0 fully saturated rings. The highest BCUT2D eigenvalue weighted by molar-refractivity contribution is 5.91. The Hall–Kier alpha value is -2.54. The van der Waals surface area contributed by atoms with Crippen molar-refractivity contribution in [1.29, 1.82) is 0 Å². The first-order valence-electron chi connectivity index (χ1n) is 6.77. The molecule has 1 aromatic carbocycles. The van der Waals surface area contributed by atoms with Crippen LogP contribution in [0.15, 0.2) is 30.6 Å². The molecule has 2 rings (SSSR count). The molecule has 1 heterocycles. The first-order chi connectivity index (χ1) is 10.0. The molecule has 0 saturated heterocycles. The highest BCUT2D eigenvalue weighted by Crippen LogP contribution is 2.15. The number of methoxy groups -OCH3 is 1. The van der Waals surface area contributed by atoms with Gasteiger partial charge >= 0.3 is 5.97 Å². The summed E-state index contributed by atoms with van der Waals surface area (Å²) >= 11 is 0. The fraction of sp³-hybridized carbons (Fsp3) is 0.294. The average molecular weight is 282 g/mol. The molecule has 21 heavy (non-hydrogen) atoms. The van der Waals surface area contributed by atoms with Gasteiger partial charge < -0.3 is 4.74 Å². The third-order valence-electron chi connectivity index (χ3n) is 2.97. The molecule has 0 bridgehead atoms. The van der Waals surface area contributed by atoms with Gasteiger partial charge in [-0.3, -0.25) is 0 Å². The molecule has 0 radical (unpaired) electrons. The number of rotatable bonds is 2. The normalized spacial score (nSPS) is 10.1. The summed E-state index contributed by atoms with van der Waals surface area (Å²) in [5.74, 6) is 6.18. The summed E-state index contributed by atoms with van der Waals surface area (Å²) in [5, 5.41) is 4.30. The van der Waals surface area contributed by atoms with Crippen molar-refractivity contribution >= 4 is 5.97 Å². The van der Waals surface area contributed by atoms with Gasteiger partial charge in [-0.25, -0.2) is 9.48 Å². The van der Waals surface area contributed by atoms with Crippen molar-refractivity contribution in [3.8, 4) is 17.5 Å². The molecular weight excluding hydrogens is 264 g/mol. The van der Waals surface area contributed by atoms with Crippen molar-refractivity contribution in [2.75, 3.05) is 7.11 Å². The maximum Gasteiger partial charge on any atom is 0.338 e. The van der Waals surface area contributed by atoms with Crippen LogP contribution >= 0.6 is 0 Å². The maximum absolute atomic E-state index is 11.6. The molecule has 0 aliphatic heterocycles. The van der Waals surface area contributed by atoms with E-state index in [4.69, 9.17) is 4.74 Å². The number of hydrogen-bond donors (Lipinski definition) is 0. The summed E-state index contributed by atoms with van der Waals surface area (Å²) in [6.07, 6.45) is 3.61. The lowest BCUT2D eigenvalue weighted by Gasteiger charge is -2.06. The molecule has 0 N–H and O–H groups in total. The van der Waals surface area contributed by atoms with Gasteiger partial charge in [-0.2, -0.15) is 5.10 Å². The topological polar surface area (TPSA) is 44.1 Å². The van der Waals surface area contributed by atoms with Gasteiger partial charge in [-0.15, -0.1) is 0 Å². The van der Waals surface area contributed by atoms with Crippen LogP contribution in [0.4, 0.5) is 0 Å². The van der Waals surface area contributed by atoms with E-state index >= 15 is 0 Å². The van der Waals surface area contributed by atoms with Gasteiger partial charge in [0, 0.05) is 12.1 Å². The lowest BCUT2D eigenvalue weighted by atomic mass is 10.1. The van der Waals surface area contributed by atoms with Crippen LogP contribution < -0.4 is 0 Å². The van der Waals surface area contributed by atoms with E-state index in [-0.39, 0.29) is 5.97 Å². The van der Waals surface area contributed by atoms with E-state index in [1.165, 1.54) is 7.11 Å². The molecular formula is C17H18N2O2. The van der Waals surface area contributed by atoms with Crippen LogP contribution in [-0.2, 0) is 4.74 Å². The van der Waals surface area contributed by atoms with Crippen molar-refractivity contribution in [1.82, 2.24) is 9.78 Å². The Kier molecular flexibility index (Phi) is 4.44. The summed E-state index contributed by atoms with van der Waals surface area (Å²) in [6, 6.07) is 5.49. The standard InChI is InChI=1S/C17H18N2O2/c1-12(2)5-6-14-10-18-19(11-14)15-7-8-16(13(3)9-15)17(20)21-4/h7-12H,1-4H3. The quantitative estimate of drug-likeness (QED) is 0.628. The number of aromatic nitrogens is 2. The Morgan fingerprint density at radius 1 is 1.38 bits per heavy atom. The molecule has 2 aromatic rings. The van der Waals surface area contributed by atoms with Gasteiger partial charge in [0.25, 0.3) is 0 Å². The summed E-state index contributed by atoms with van der Waals surface area (Å²) in [4.78, 5) is 11.6. The maximum atomic E-state index is 11.6. The first-order valence-corrected chi connectivity index (χ1v) is 6.77. The average Bonchev–Trinajstić information content (AvgIpc) is 2.93. The Balaban J connectivity index is 2.30. The number of ether oxygens (including phenoxy) is 1. The van der Waals surface area contributed by atoms with E-state index in [0.717, 1.165) is 16.8 Å². The fourth-order valence-electron chi connectivity index (χ4n) is 1.89. The van der Waals surface area contributed by atoms with E-state index in [0.29, 0.717) is 11.5 Å². The van der Waals surface area contributed by atoms with Crippen LogP contribution in [0, 0.1) is 24.7 Å². The zero-order chi connectivity index (χ0) is 15.4. The van der Waals surface area contributed by atoms with Crippen LogP contribution in [0.1, 0.15) is 35.3 Å². The predicted molar refractivity (Wildman–Crippen MR) is 81.4 cm³/mol. The van der Waals surface area contributed by atoms with Crippen molar-refractivity contribution < 1.29 is 9.53 Å². The Morgan fingerprint density at radius 2 is 2.14 bits per heavy atom. The van der Waals surface area contributed by atoms with E-state index in [1.54, 1.807) is 16.9 Å². The van der Waals surface area contributed by atoms with Crippen LogP contribution in [0.2, 0.25) is 0 Å². The van der Waals surface area contributed by atoms with Crippen LogP contribution in [0.25, 0.3) is 5.69 Å². The second-order valence-corrected chi connectivity index (χ2v) is 5.09. The number of esters is 1. The monoisotopic (exact) mass is 282 g/mol. The highest BCUT2D eigenvalue weighted by atomic mass is 16.5. The van der Waals surface area contributed by atoms with Crippen molar-refractivity contribution in [3.63, 3.8) is 0 Å². The van der Waals surface area contributed by atoms with Crippen LogP contribution in [-0.4, -0.2) is 22.9 Å². The largest absolute Gasteiger partial charge is 0.465 e. The number of benzene rings is 1. The Labute approximate surface area is 124 Å². The van der Waals surface area contributed by atoms with E-state index < -0.39 is 0 Å². The molecule has 0 aliphatic rings. The minimum absolute atomic E-state index is 0.329. The molecule has 0 saturated carbocycles. The molecule has 4 nitrogen and oxygen atoms in total. The number of aryl methyl sites for hydroxylation is 1. The van der Waals surface area contributed by atoms with E-state index in [9.17, 15) is 4.79 Å². The van der Waals surface area contributed by atoms with Gasteiger partial charge in [-0.05, 0) is 30.7 Å². The Morgan fingerprint density at radius 3 is 2.76 bits per heavy atom. The predicted octanol–water partition coefficient (Wildman–Crippen LogP) is 2.97. The molecule has 1 aromatic heterocycles. The lowest BCUT2D eigenvalue weighted by Crippen LogP contribution is -2.05. The van der Waals surface area contributed by atoms with Crippen molar-refractivity contribution in [2.45, 2.75) is 20.8 Å². The van der Waals surface area contributed by atoms with Gasteiger partial charge in [0.2, 0.25) is 0 Å². The van der Waals surface area contributed by atoms with Crippen molar-refractivity contribution in [2.24, 2.45) is 5.92 Å². The molecule has 0 unspecified atom stereocenters. The SMILES string of the molecule is COC(=O)c1ccc(-n2cc(C#CC(C)C)cn2)cc1C. The summed E-state index contributed by atoms with van der Waals surface area (Å²) < 4.78 is 6.49. The van der Waals surface area contributed by atoms with Gasteiger partial charge in [0.05, 0.1) is 30.1 Å². The fourth-order valence-corrected chi connectivity index (χ4v) is 1.89. The first kappa shape index (κ1) is 14.9. The van der Waals surface area contributed by atoms with E-state index in [2.05, 4.69) is 16.9 Å². The number of nitrogens with zero attached hydrogens (tertiary/aromatic N) is 2. The summed E-state index contributed by atoms with van der Waals surface area (Å²) in [5.41, 5.74) is 3.18. The van der Waals surface area contributed by atoms with Gasteiger partial charge in [0.1, 0.15) is 0 Å². The van der Waals surface area contributed by atoms with Gasteiger partial charge in [0.15, 0.2) is 0 Å². The third-order valence-corrected chi connectivity index (χ3v) is 2.97. The minimum atomic E-state index is -0.331. The molecule has 108 valence electrons. The highest BCUT2D eigenvalue weighted by Gasteiger charge is 2.10. The lowest BCUT2D eigenvalue weighted by molar-refractivity contribution is 0.0600. The molecule has 0 aliphatic carbocycles. The smallest absolute Gasteiger partial charge is 0.338 e. The van der Waals surface area contributed by atoms with Crippen LogP contribution in [0.3, 0.4) is 0 Å². The Bertz CT molecular complexity index is 718. The van der Waals surface area contributed by atoms with Crippen molar-refractivity contribution in [3.05, 3.63) is 47.3 Å². The van der Waals surface area contributed by atoms with Gasteiger partial charge in [-0.1, -0.05) is 25.7 Å². The molecule has 4 heteroatoms. The zero-order valence-corrected chi connectivity index (χ0v) is 12.7. The number of carbonyl (C=O) groups excluding carboxylic acids is 1. The summed E-state index contributed by atoms with van der Waals surface area (Å²) in [6.45, 7) is 5.97. The molecule has 0 atom stereocenters. The van der Waals surface area contributed by atoms with Crippen LogP contribution in [0.5, 0.6) is 0 Å². The molecule has 0 amide bonds. The summed E-state index contributed by atoms with van der Waals surface area (Å²) in [7, 11) is 1.38. The third kappa shape index (κ3) is 3.51. The second kappa shape index (κ2) is 6.27. The molecule has 0 spiro atoms. The minimum Gasteiger partial charge on any atom is -0.465 e. The number of carbonyl (C=O) groups is 1.